The summed E-state index contributed by atoms with van der Waals surface area (Å²) in [6, 6.07) is 16.1. The Balaban J connectivity index is 0.000000325. The van der Waals surface area contributed by atoms with Crippen molar-refractivity contribution < 1.29 is 40.6 Å². The van der Waals surface area contributed by atoms with Crippen LogP contribution in [0.25, 0.3) is 10.9 Å². The minimum Gasteiger partial charge on any atom is -0.436 e. The van der Waals surface area contributed by atoms with E-state index in [1.54, 1.807) is 15.9 Å². The summed E-state index contributed by atoms with van der Waals surface area (Å²) in [5.74, 6) is 2.34. The number of aromatic amines is 1. The Morgan fingerprint density at radius 1 is 1.34 bits per heavy atom. The smallest absolute Gasteiger partial charge is 0.436 e. The van der Waals surface area contributed by atoms with Crippen LogP contribution in [-0.4, -0.2) is 43.9 Å². The van der Waals surface area contributed by atoms with Crippen molar-refractivity contribution in [2.75, 3.05) is 13.2 Å². The van der Waals surface area contributed by atoms with Gasteiger partial charge >= 0.3 is 37.2 Å². The van der Waals surface area contributed by atoms with Crippen LogP contribution in [-0.2, 0) is 17.7 Å². The van der Waals surface area contributed by atoms with Crippen LogP contribution < -0.4 is 0 Å². The molecule has 1 atom stereocenters. The molecule has 2 aromatic carbocycles. The quantitative estimate of drug-likeness (QED) is 0.243. The number of terminal acetylenes is 1. The van der Waals surface area contributed by atoms with Gasteiger partial charge in [-0.1, -0.05) is 17.5 Å². The molecule has 1 aliphatic heterocycles. The molecule has 35 heavy (non-hydrogen) atoms. The molecule has 5 rings (SSSR count). The van der Waals surface area contributed by atoms with E-state index in [4.69, 9.17) is 22.8 Å². The summed E-state index contributed by atoms with van der Waals surface area (Å²) in [7, 11) is 0. The first-order chi connectivity index (χ1) is 16.6. The number of ether oxygens (including phenoxy) is 1. The molecule has 2 aromatic heterocycles. The summed E-state index contributed by atoms with van der Waals surface area (Å²) in [4.78, 5) is 21.5. The average Bonchev–Trinajstić information content (AvgIpc) is 3.50. The number of carbonyl (C=O) groups excluding carboxylic acids is 1. The fraction of sp³-hybridized carbons (Fsp3) is 0.231. The fourth-order valence-electron chi connectivity index (χ4n) is 4.08. The van der Waals surface area contributed by atoms with E-state index >= 15 is 0 Å². The zero-order valence-corrected chi connectivity index (χ0v) is 24.0. The van der Waals surface area contributed by atoms with Gasteiger partial charge in [0.25, 0.3) is 0 Å². The maximum absolute atomic E-state index is 12.6. The molecule has 0 saturated carbocycles. The van der Waals surface area contributed by atoms with Gasteiger partial charge < -0.3 is 16.6 Å². The van der Waals surface area contributed by atoms with E-state index in [9.17, 15) is 4.79 Å². The number of hydrogen-bond donors (Lipinski definition) is 1. The molecule has 1 aliphatic rings. The Morgan fingerprint density at radius 3 is 2.83 bits per heavy atom. The number of nitrogens with one attached hydrogen (secondary N) is 1. The number of rotatable bonds is 4. The van der Waals surface area contributed by atoms with E-state index in [0.29, 0.717) is 11.6 Å². The Morgan fingerprint density at radius 2 is 2.14 bits per heavy atom. The maximum Gasteiger partial charge on any atom is 2.00 e. The monoisotopic (exact) mass is 711 g/mol. The van der Waals surface area contributed by atoms with Gasteiger partial charge in [0.15, 0.2) is 6.61 Å². The van der Waals surface area contributed by atoms with Crippen molar-refractivity contribution in [1.29, 1.82) is 0 Å². The number of aryl methyl sites for hydroxylation is 1. The molecule has 3 heterocycles. The number of fused-ring (bicyclic) bond motifs is 3. The number of aromatic nitrogens is 4. The molecule has 0 spiro atoms. The van der Waals surface area contributed by atoms with E-state index in [1.807, 2.05) is 42.5 Å². The van der Waals surface area contributed by atoms with Gasteiger partial charge in [0.05, 0.1) is 6.04 Å². The molecule has 176 valence electrons. The van der Waals surface area contributed by atoms with Crippen LogP contribution in [0.15, 0.2) is 55.1 Å². The van der Waals surface area contributed by atoms with Gasteiger partial charge in [-0.3, -0.25) is 9.58 Å². The molecule has 4 aromatic rings. The fourth-order valence-corrected chi connectivity index (χ4v) is 4.25. The topological polar surface area (TPSA) is 76.0 Å². The van der Waals surface area contributed by atoms with Crippen LogP contribution in [0.3, 0.4) is 0 Å². The number of halogens is 1. The third kappa shape index (κ3) is 6.30. The van der Waals surface area contributed by atoms with Crippen molar-refractivity contribution in [2.45, 2.75) is 25.4 Å². The number of benzene rings is 2. The molecule has 9 heteroatoms. The number of nitrogens with zero attached hydrogens (tertiary/aromatic N) is 4. The molecule has 1 unspecified atom stereocenters. The molecule has 1 amide bonds. The Labute approximate surface area is 233 Å². The van der Waals surface area contributed by atoms with Crippen molar-refractivity contribution in [1.82, 2.24) is 24.6 Å². The summed E-state index contributed by atoms with van der Waals surface area (Å²) in [6.45, 7) is 5.03. The number of H-pyrrole nitrogens is 1. The first kappa shape index (κ1) is 26.9. The molecule has 0 saturated heterocycles. The SMILES string of the molecule is C#CCOC(=O)N1CCc2c([nH]c3ccc(Cl)cc23)C1c1cc[c-]cc1.[CH2-]CCn1cncn1.[U+2]. The zero-order valence-electron chi connectivity index (χ0n) is 19.1. The minimum atomic E-state index is -0.414. The van der Waals surface area contributed by atoms with Crippen molar-refractivity contribution >= 4 is 28.6 Å². The third-order valence-corrected chi connectivity index (χ3v) is 5.75. The van der Waals surface area contributed by atoms with Gasteiger partial charge in [-0.15, -0.1) is 12.0 Å². The summed E-state index contributed by atoms with van der Waals surface area (Å²) >= 11 is 6.19. The maximum atomic E-state index is 12.6. The number of carbonyl (C=O) groups is 1. The van der Waals surface area contributed by atoms with Crippen molar-refractivity contribution in [2.24, 2.45) is 0 Å². The van der Waals surface area contributed by atoms with E-state index in [0.717, 1.165) is 41.5 Å². The first-order valence-electron chi connectivity index (χ1n) is 10.9. The van der Waals surface area contributed by atoms with Gasteiger partial charge in [0, 0.05) is 34.7 Å². The number of amides is 1. The largest absolute Gasteiger partial charge is 2.00 e. The molecule has 0 aliphatic carbocycles. The molecule has 1 N–H and O–H groups in total. The van der Waals surface area contributed by atoms with Crippen LogP contribution >= 0.6 is 11.6 Å². The van der Waals surface area contributed by atoms with E-state index in [2.05, 4.69) is 34.0 Å². The molecule has 0 radical (unpaired) electrons. The van der Waals surface area contributed by atoms with Crippen molar-refractivity contribution in [3.05, 3.63) is 90.0 Å². The Hall–Kier alpha value is -2.71. The predicted molar refractivity (Wildman–Crippen MR) is 131 cm³/mol. The second kappa shape index (κ2) is 12.8. The number of hydrogen-bond acceptors (Lipinski definition) is 4. The second-order valence-corrected chi connectivity index (χ2v) is 8.09. The standard InChI is InChI=1S/C21H16ClN2O2.C5H8N3.U/c1-2-12-26-21(25)24-11-10-16-17-13-15(22)8-9-18(17)23-19(16)20(24)14-6-4-3-5-7-14;1-2-3-8-5-6-4-7-8;/h1,4-9,13,20,23H,10-12H2;4-5H,1-3H2;/q2*-1;+2. The van der Waals surface area contributed by atoms with Crippen LogP contribution in [0, 0.1) is 56.4 Å². The summed E-state index contributed by atoms with van der Waals surface area (Å²) in [5, 5.41) is 5.66. The van der Waals surface area contributed by atoms with Crippen molar-refractivity contribution in [3.8, 4) is 12.3 Å². The molecule has 7 nitrogen and oxygen atoms in total. The van der Waals surface area contributed by atoms with Gasteiger partial charge in [-0.2, -0.15) is 41.9 Å². The van der Waals surface area contributed by atoms with Crippen LogP contribution in [0.2, 0.25) is 5.02 Å². The second-order valence-electron chi connectivity index (χ2n) is 7.66. The van der Waals surface area contributed by atoms with E-state index in [1.165, 1.54) is 11.9 Å². The predicted octanol–water partition coefficient (Wildman–Crippen LogP) is 4.84. The third-order valence-electron chi connectivity index (χ3n) is 5.52. The Kier molecular flexibility index (Phi) is 9.86. The average molecular weight is 712 g/mol. The van der Waals surface area contributed by atoms with Crippen LogP contribution in [0.1, 0.15) is 29.3 Å². The van der Waals surface area contributed by atoms with E-state index in [-0.39, 0.29) is 43.8 Å². The molecule has 0 fully saturated rings. The van der Waals surface area contributed by atoms with Gasteiger partial charge in [0.1, 0.15) is 12.7 Å². The zero-order chi connectivity index (χ0) is 23.9. The summed E-state index contributed by atoms with van der Waals surface area (Å²) in [5.41, 5.74) is 4.16. The normalized spacial score (nSPS) is 14.2. The van der Waals surface area contributed by atoms with Gasteiger partial charge in [-0.05, 0) is 30.2 Å². The van der Waals surface area contributed by atoms with Gasteiger partial charge in [0.2, 0.25) is 0 Å². The summed E-state index contributed by atoms with van der Waals surface area (Å²) in [6.07, 6.45) is 9.60. The Bertz CT molecular complexity index is 1280. The molecule has 0 bridgehead atoms. The van der Waals surface area contributed by atoms with E-state index < -0.39 is 6.09 Å². The molecular formula is C26H24ClN5O2U. The summed E-state index contributed by atoms with van der Waals surface area (Å²) < 4.78 is 6.96. The van der Waals surface area contributed by atoms with Gasteiger partial charge in [-0.25, -0.2) is 9.78 Å². The first-order valence-corrected chi connectivity index (χ1v) is 11.2. The minimum absolute atomic E-state index is 0. The van der Waals surface area contributed by atoms with Crippen LogP contribution in [0.4, 0.5) is 4.79 Å². The molecular weight excluding hydrogens is 688 g/mol. The van der Waals surface area contributed by atoms with Crippen LogP contribution in [0.5, 0.6) is 0 Å². The van der Waals surface area contributed by atoms with Crippen molar-refractivity contribution in [3.63, 3.8) is 0 Å².